The summed E-state index contributed by atoms with van der Waals surface area (Å²) in [5.74, 6) is -0.401. The van der Waals surface area contributed by atoms with Crippen molar-refractivity contribution in [3.8, 4) is 5.75 Å². The van der Waals surface area contributed by atoms with Crippen LogP contribution in [0, 0.1) is 13.8 Å². The predicted molar refractivity (Wildman–Crippen MR) is 83.1 cm³/mol. The molecule has 1 atom stereocenters. The third kappa shape index (κ3) is 3.99. The second kappa shape index (κ2) is 6.64. The Hall–Kier alpha value is -2.00. The number of hydrogen-bond acceptors (Lipinski definition) is 2. The molecule has 0 saturated carbocycles. The summed E-state index contributed by atoms with van der Waals surface area (Å²) in [6.07, 6.45) is -0.668. The Morgan fingerprint density at radius 3 is 2.57 bits per heavy atom. The van der Waals surface area contributed by atoms with E-state index >= 15 is 0 Å². The molecule has 3 nitrogen and oxygen atoms in total. The maximum atomic E-state index is 11.5. The fourth-order valence-corrected chi connectivity index (χ4v) is 2.28. The first kappa shape index (κ1) is 15.4. The zero-order valence-electron chi connectivity index (χ0n) is 12.0. The maximum Gasteiger partial charge on any atom is 0.345 e. The van der Waals surface area contributed by atoms with Crippen LogP contribution in [0.5, 0.6) is 5.75 Å². The highest BCUT2D eigenvalue weighted by Crippen LogP contribution is 2.22. The molecule has 0 aromatic heterocycles. The molecule has 0 aliphatic rings. The fourth-order valence-electron chi connectivity index (χ4n) is 2.08. The average molecular weight is 305 g/mol. The molecular weight excluding hydrogens is 288 g/mol. The molecule has 4 heteroatoms. The van der Waals surface area contributed by atoms with Gasteiger partial charge in [-0.3, -0.25) is 0 Å². The van der Waals surface area contributed by atoms with Gasteiger partial charge in [0.25, 0.3) is 0 Å². The number of carboxylic acid groups (broad SMARTS) is 1. The van der Waals surface area contributed by atoms with Gasteiger partial charge >= 0.3 is 5.97 Å². The lowest BCUT2D eigenvalue weighted by atomic mass is 10.0. The van der Waals surface area contributed by atoms with Gasteiger partial charge in [0.15, 0.2) is 6.10 Å². The van der Waals surface area contributed by atoms with Crippen LogP contribution in [0.3, 0.4) is 0 Å². The van der Waals surface area contributed by atoms with E-state index < -0.39 is 12.1 Å². The second-order valence-electron chi connectivity index (χ2n) is 4.99. The number of carbonyl (C=O) groups is 1. The molecule has 0 spiro atoms. The summed E-state index contributed by atoms with van der Waals surface area (Å²) in [4.78, 5) is 11.5. The maximum absolute atomic E-state index is 11.5. The van der Waals surface area contributed by atoms with Gasteiger partial charge in [-0.25, -0.2) is 4.79 Å². The van der Waals surface area contributed by atoms with E-state index in [4.69, 9.17) is 16.3 Å². The molecule has 0 saturated heterocycles. The van der Waals surface area contributed by atoms with Gasteiger partial charge in [-0.2, -0.15) is 0 Å². The largest absolute Gasteiger partial charge is 0.478 e. The van der Waals surface area contributed by atoms with E-state index in [9.17, 15) is 9.90 Å². The molecule has 0 aliphatic carbocycles. The minimum Gasteiger partial charge on any atom is -0.478 e. The Morgan fingerprint density at radius 1 is 1.19 bits per heavy atom. The van der Waals surface area contributed by atoms with Crippen LogP contribution in [-0.2, 0) is 11.2 Å². The van der Waals surface area contributed by atoms with E-state index in [1.807, 2.05) is 38.1 Å². The Bertz CT molecular complexity index is 652. The molecule has 2 aromatic rings. The summed E-state index contributed by atoms with van der Waals surface area (Å²) >= 11 is 5.98. The molecular formula is C17H17ClO3. The van der Waals surface area contributed by atoms with Crippen LogP contribution in [0.4, 0.5) is 0 Å². The zero-order valence-corrected chi connectivity index (χ0v) is 12.7. The lowest BCUT2D eigenvalue weighted by Gasteiger charge is -2.18. The third-order valence-corrected chi connectivity index (χ3v) is 3.59. The number of benzene rings is 2. The van der Waals surface area contributed by atoms with Gasteiger partial charge in [-0.15, -0.1) is 0 Å². The molecule has 0 fully saturated rings. The van der Waals surface area contributed by atoms with Crippen molar-refractivity contribution in [3.05, 3.63) is 64.2 Å². The van der Waals surface area contributed by atoms with Crippen LogP contribution >= 0.6 is 11.6 Å². The summed E-state index contributed by atoms with van der Waals surface area (Å²) < 4.78 is 5.66. The van der Waals surface area contributed by atoms with Gasteiger partial charge in [0.2, 0.25) is 0 Å². The van der Waals surface area contributed by atoms with Gasteiger partial charge in [0.1, 0.15) is 5.75 Å². The van der Waals surface area contributed by atoms with Crippen molar-refractivity contribution in [2.24, 2.45) is 0 Å². The fraction of sp³-hybridized carbons (Fsp3) is 0.235. The smallest absolute Gasteiger partial charge is 0.345 e. The summed E-state index contributed by atoms with van der Waals surface area (Å²) in [5.41, 5.74) is 2.79. The van der Waals surface area contributed by atoms with Crippen molar-refractivity contribution < 1.29 is 14.6 Å². The molecule has 0 heterocycles. The number of aryl methyl sites for hydroxylation is 2. The first-order chi connectivity index (χ1) is 9.97. The molecule has 0 bridgehead atoms. The van der Waals surface area contributed by atoms with E-state index in [1.165, 1.54) is 0 Å². The summed E-state index contributed by atoms with van der Waals surface area (Å²) in [6.45, 7) is 3.82. The van der Waals surface area contributed by atoms with E-state index in [-0.39, 0.29) is 6.42 Å². The number of aliphatic carboxylic acids is 1. The number of carboxylic acids is 1. The molecule has 21 heavy (non-hydrogen) atoms. The number of para-hydroxylation sites is 1. The number of halogens is 1. The molecule has 110 valence electrons. The highest BCUT2D eigenvalue weighted by molar-refractivity contribution is 6.30. The highest BCUT2D eigenvalue weighted by atomic mass is 35.5. The molecule has 0 unspecified atom stereocenters. The van der Waals surface area contributed by atoms with Crippen LogP contribution < -0.4 is 4.74 Å². The van der Waals surface area contributed by atoms with Crippen LogP contribution in [-0.4, -0.2) is 17.2 Å². The highest BCUT2D eigenvalue weighted by Gasteiger charge is 2.21. The number of rotatable bonds is 5. The molecule has 2 aromatic carbocycles. The van der Waals surface area contributed by atoms with Crippen LogP contribution in [0.2, 0.25) is 5.02 Å². The van der Waals surface area contributed by atoms with E-state index in [0.29, 0.717) is 10.8 Å². The van der Waals surface area contributed by atoms with Gasteiger partial charge in [0.05, 0.1) is 0 Å². The Morgan fingerprint density at radius 2 is 1.90 bits per heavy atom. The van der Waals surface area contributed by atoms with Crippen LogP contribution in [0.1, 0.15) is 16.7 Å². The average Bonchev–Trinajstić information content (AvgIpc) is 2.44. The molecule has 2 rings (SSSR count). The van der Waals surface area contributed by atoms with Crippen LogP contribution in [0.25, 0.3) is 0 Å². The summed E-state index contributed by atoms with van der Waals surface area (Å²) in [5, 5.41) is 9.98. The minimum atomic E-state index is -0.988. The molecule has 0 radical (unpaired) electrons. The first-order valence-corrected chi connectivity index (χ1v) is 7.05. The Kier molecular flexibility index (Phi) is 4.86. The van der Waals surface area contributed by atoms with Crippen molar-refractivity contribution in [1.29, 1.82) is 0 Å². The lowest BCUT2D eigenvalue weighted by Crippen LogP contribution is -2.30. The summed E-state index contributed by atoms with van der Waals surface area (Å²) in [6, 6.07) is 12.8. The van der Waals surface area contributed by atoms with E-state index in [2.05, 4.69) is 0 Å². The Labute approximate surface area is 129 Å². The number of ether oxygens (including phenoxy) is 1. The van der Waals surface area contributed by atoms with Crippen molar-refractivity contribution in [2.75, 3.05) is 0 Å². The topological polar surface area (TPSA) is 46.5 Å². The van der Waals surface area contributed by atoms with Crippen molar-refractivity contribution >= 4 is 17.6 Å². The molecule has 0 aliphatic heterocycles. The molecule has 0 amide bonds. The normalized spacial score (nSPS) is 12.0. The second-order valence-corrected chi connectivity index (χ2v) is 5.42. The third-order valence-electron chi connectivity index (χ3n) is 3.35. The lowest BCUT2D eigenvalue weighted by molar-refractivity contribution is -0.145. The van der Waals surface area contributed by atoms with Gasteiger partial charge < -0.3 is 9.84 Å². The number of hydrogen-bond donors (Lipinski definition) is 1. The van der Waals surface area contributed by atoms with Crippen molar-refractivity contribution in [3.63, 3.8) is 0 Å². The van der Waals surface area contributed by atoms with Gasteiger partial charge in [0, 0.05) is 11.4 Å². The zero-order chi connectivity index (χ0) is 15.4. The standard InChI is InChI=1S/C17H17ClO3/c1-11-7-8-14(18)9-13(11)10-16(17(19)20)21-15-6-4-3-5-12(15)2/h3-9,16H,10H2,1-2H3,(H,19,20)/t16-/m1/s1. The summed E-state index contributed by atoms with van der Waals surface area (Å²) in [7, 11) is 0. The quantitative estimate of drug-likeness (QED) is 0.907. The van der Waals surface area contributed by atoms with Crippen molar-refractivity contribution in [1.82, 2.24) is 0 Å². The minimum absolute atomic E-state index is 0.274. The molecule has 1 N–H and O–H groups in total. The Balaban J connectivity index is 2.22. The van der Waals surface area contributed by atoms with Crippen molar-refractivity contribution in [2.45, 2.75) is 26.4 Å². The SMILES string of the molecule is Cc1ccc(Cl)cc1C[C@@H](Oc1ccccc1C)C(=O)O. The van der Waals surface area contributed by atoms with Gasteiger partial charge in [-0.05, 0) is 48.7 Å². The van der Waals surface area contributed by atoms with E-state index in [1.54, 1.807) is 18.2 Å². The first-order valence-electron chi connectivity index (χ1n) is 6.67. The van der Waals surface area contributed by atoms with Crippen LogP contribution in [0.15, 0.2) is 42.5 Å². The monoisotopic (exact) mass is 304 g/mol. The van der Waals surface area contributed by atoms with Gasteiger partial charge in [-0.1, -0.05) is 35.9 Å². The van der Waals surface area contributed by atoms with E-state index in [0.717, 1.165) is 16.7 Å². The predicted octanol–water partition coefficient (Wildman–Crippen LogP) is 4.03.